The molecule has 0 fully saturated rings. The van der Waals surface area contributed by atoms with Crippen molar-refractivity contribution in [1.82, 2.24) is 0 Å². The fourth-order valence-electron chi connectivity index (χ4n) is 4.75. The van der Waals surface area contributed by atoms with Gasteiger partial charge in [0, 0.05) is 35.4 Å². The molecule has 0 aliphatic rings. The zero-order chi connectivity index (χ0) is 29.2. The summed E-state index contributed by atoms with van der Waals surface area (Å²) in [6.07, 6.45) is 0. The van der Waals surface area contributed by atoms with Crippen molar-refractivity contribution in [3.8, 4) is 28.5 Å². The quantitative estimate of drug-likeness (QED) is 0.253. The second-order valence-electron chi connectivity index (χ2n) is 9.62. The number of nitrogens with zero attached hydrogens (tertiary/aromatic N) is 2. The molecule has 0 amide bonds. The molecule has 1 unspecified atom stereocenters. The summed E-state index contributed by atoms with van der Waals surface area (Å²) in [7, 11) is 2.02. The second-order valence-corrected chi connectivity index (χ2v) is 9.62. The van der Waals surface area contributed by atoms with Crippen LogP contribution in [0.3, 0.4) is 0 Å². The van der Waals surface area contributed by atoms with Gasteiger partial charge in [0.25, 0.3) is 0 Å². The van der Waals surface area contributed by atoms with Gasteiger partial charge in [0.1, 0.15) is 18.2 Å². The van der Waals surface area contributed by atoms with Gasteiger partial charge in [-0.3, -0.25) is 0 Å². The van der Waals surface area contributed by atoms with Crippen molar-refractivity contribution in [3.63, 3.8) is 0 Å². The average Bonchev–Trinajstić information content (AvgIpc) is 3.32. The molecule has 174 valence electrons. The SMILES string of the molecule is [2H]c1c([2H])c([2H])c(-c2ccc(C#N)c3c2oc2c(-c4cc(C(C)C(C)C)cc(C)[n+]4C)c(C)ccc23)c([2H])c1[2H]. The van der Waals surface area contributed by atoms with Crippen LogP contribution in [0.25, 0.3) is 44.3 Å². The molecule has 0 saturated heterocycles. The Morgan fingerprint density at radius 3 is 2.40 bits per heavy atom. The first-order chi connectivity index (χ1) is 18.9. The van der Waals surface area contributed by atoms with Crippen molar-refractivity contribution in [2.45, 2.75) is 40.5 Å². The van der Waals surface area contributed by atoms with E-state index >= 15 is 0 Å². The Morgan fingerprint density at radius 2 is 1.71 bits per heavy atom. The maximum Gasteiger partial charge on any atom is 0.216 e. The lowest BCUT2D eigenvalue weighted by atomic mass is 9.88. The molecule has 0 N–H and O–H groups in total. The first kappa shape index (κ1) is 17.5. The van der Waals surface area contributed by atoms with E-state index in [-0.39, 0.29) is 17.6 Å². The molecule has 35 heavy (non-hydrogen) atoms. The van der Waals surface area contributed by atoms with Crippen molar-refractivity contribution in [3.05, 3.63) is 89.0 Å². The van der Waals surface area contributed by atoms with Gasteiger partial charge in [-0.25, -0.2) is 0 Å². The van der Waals surface area contributed by atoms with Crippen molar-refractivity contribution in [1.29, 1.82) is 5.26 Å². The summed E-state index contributed by atoms with van der Waals surface area (Å²) in [5.41, 5.74) is 6.92. The Labute approximate surface area is 214 Å². The summed E-state index contributed by atoms with van der Waals surface area (Å²) >= 11 is 0. The van der Waals surface area contributed by atoms with Crippen LogP contribution in [0.15, 0.2) is 71.0 Å². The third-order valence-electron chi connectivity index (χ3n) is 7.24. The summed E-state index contributed by atoms with van der Waals surface area (Å²) in [4.78, 5) is 0. The minimum absolute atomic E-state index is 0.0481. The summed E-state index contributed by atoms with van der Waals surface area (Å²) in [5.74, 6) is 0.801. The third kappa shape index (κ3) is 3.70. The predicted molar refractivity (Wildman–Crippen MR) is 143 cm³/mol. The van der Waals surface area contributed by atoms with E-state index in [0.717, 1.165) is 27.9 Å². The van der Waals surface area contributed by atoms with E-state index in [0.29, 0.717) is 39.5 Å². The fraction of sp³-hybridized carbons (Fsp3) is 0.250. The van der Waals surface area contributed by atoms with E-state index in [1.54, 1.807) is 12.1 Å². The number of rotatable bonds is 4. The number of nitriles is 1. The van der Waals surface area contributed by atoms with E-state index < -0.39 is 18.1 Å². The Hall–Kier alpha value is -3.90. The molecule has 0 aliphatic heterocycles. The molecule has 5 rings (SSSR count). The lowest BCUT2D eigenvalue weighted by Gasteiger charge is -2.17. The molecule has 0 bridgehead atoms. The molecule has 0 saturated carbocycles. The van der Waals surface area contributed by atoms with Gasteiger partial charge in [0.05, 0.1) is 24.0 Å². The summed E-state index contributed by atoms with van der Waals surface area (Å²) in [5, 5.41) is 11.3. The molecule has 3 nitrogen and oxygen atoms in total. The third-order valence-corrected chi connectivity index (χ3v) is 7.24. The van der Waals surface area contributed by atoms with Crippen LogP contribution in [-0.2, 0) is 7.05 Å². The molecule has 3 aromatic carbocycles. The van der Waals surface area contributed by atoms with E-state index in [9.17, 15) is 5.26 Å². The Kier molecular flexibility index (Phi) is 4.36. The smallest absolute Gasteiger partial charge is 0.216 e. The zero-order valence-electron chi connectivity index (χ0n) is 25.9. The molecule has 0 spiro atoms. The summed E-state index contributed by atoms with van der Waals surface area (Å²) < 4.78 is 50.2. The van der Waals surface area contributed by atoms with E-state index in [1.807, 2.05) is 26.1 Å². The lowest BCUT2D eigenvalue weighted by Crippen LogP contribution is -2.35. The molecular weight excluding hydrogens is 428 g/mol. The maximum atomic E-state index is 10.0. The minimum Gasteiger partial charge on any atom is -0.454 e. The molecular formula is C32H31N2O+. The van der Waals surface area contributed by atoms with E-state index in [4.69, 9.17) is 11.3 Å². The van der Waals surface area contributed by atoms with Crippen LogP contribution in [-0.4, -0.2) is 0 Å². The van der Waals surface area contributed by atoms with Gasteiger partial charge in [-0.15, -0.1) is 0 Å². The molecule has 5 aromatic rings. The highest BCUT2D eigenvalue weighted by molar-refractivity contribution is 6.15. The Balaban J connectivity index is 1.93. The average molecular weight is 465 g/mol. The van der Waals surface area contributed by atoms with Crippen LogP contribution in [0.5, 0.6) is 0 Å². The maximum absolute atomic E-state index is 10.0. The highest BCUT2D eigenvalue weighted by Crippen LogP contribution is 2.42. The normalized spacial score (nSPS) is 14.4. The number of hydrogen-bond acceptors (Lipinski definition) is 2. The monoisotopic (exact) mass is 464 g/mol. The van der Waals surface area contributed by atoms with Gasteiger partial charge < -0.3 is 4.42 Å². The van der Waals surface area contributed by atoms with Crippen molar-refractivity contribution in [2.75, 3.05) is 0 Å². The zero-order valence-corrected chi connectivity index (χ0v) is 20.9. The van der Waals surface area contributed by atoms with Crippen LogP contribution in [0.2, 0.25) is 0 Å². The van der Waals surface area contributed by atoms with E-state index in [2.05, 4.69) is 50.5 Å². The number of aromatic nitrogens is 1. The molecule has 2 aromatic heterocycles. The summed E-state index contributed by atoms with van der Waals surface area (Å²) in [6, 6.07) is 11.9. The number of hydrogen-bond donors (Lipinski definition) is 0. The molecule has 0 radical (unpaired) electrons. The lowest BCUT2D eigenvalue weighted by molar-refractivity contribution is -0.666. The van der Waals surface area contributed by atoms with Gasteiger partial charge in [0.2, 0.25) is 5.69 Å². The Bertz CT molecular complexity index is 1870. The van der Waals surface area contributed by atoms with Gasteiger partial charge in [0.15, 0.2) is 5.69 Å². The van der Waals surface area contributed by atoms with Crippen LogP contribution in [0.4, 0.5) is 0 Å². The minimum atomic E-state index is -0.454. The molecule has 1 atom stereocenters. The number of fused-ring (bicyclic) bond motifs is 3. The first-order valence-corrected chi connectivity index (χ1v) is 11.9. The van der Waals surface area contributed by atoms with E-state index in [1.165, 1.54) is 5.56 Å². The summed E-state index contributed by atoms with van der Waals surface area (Å²) in [6.45, 7) is 10.8. The standard InChI is InChI=1S/C32H31N2O/c1-19(2)22(5)25-16-21(4)34(6)28(17-25)29-20(3)12-14-27-30-24(18-33)13-15-26(31(30)35-32(27)29)23-10-8-7-9-11-23/h7-17,19,22H,1-6H3/q+1/i7D,8D,9D,10D,11D. The van der Waals surface area contributed by atoms with Crippen molar-refractivity contribution < 1.29 is 15.8 Å². The van der Waals surface area contributed by atoms with Gasteiger partial charge >= 0.3 is 0 Å². The number of furan rings is 1. The van der Waals surface area contributed by atoms with Crippen molar-refractivity contribution >= 4 is 21.9 Å². The van der Waals surface area contributed by atoms with Gasteiger partial charge in [-0.2, -0.15) is 9.83 Å². The van der Waals surface area contributed by atoms with Crippen LogP contribution >= 0.6 is 0 Å². The topological polar surface area (TPSA) is 40.8 Å². The number of pyridine rings is 1. The second kappa shape index (κ2) is 8.71. The fourth-order valence-corrected chi connectivity index (χ4v) is 4.75. The highest BCUT2D eigenvalue weighted by Gasteiger charge is 2.26. The van der Waals surface area contributed by atoms with Crippen LogP contribution < -0.4 is 4.57 Å². The van der Waals surface area contributed by atoms with Gasteiger partial charge in [-0.05, 0) is 47.6 Å². The molecule has 0 aliphatic carbocycles. The Morgan fingerprint density at radius 1 is 0.971 bits per heavy atom. The number of aryl methyl sites for hydroxylation is 2. The predicted octanol–water partition coefficient (Wildman–Crippen LogP) is 7.99. The molecule has 3 heteroatoms. The molecule has 2 heterocycles. The van der Waals surface area contributed by atoms with Gasteiger partial charge in [-0.1, -0.05) is 63.1 Å². The first-order valence-electron chi connectivity index (χ1n) is 14.4. The van der Waals surface area contributed by atoms with Crippen LogP contribution in [0.1, 0.15) is 55.9 Å². The van der Waals surface area contributed by atoms with Crippen LogP contribution in [0, 0.1) is 31.1 Å². The number of benzene rings is 3. The van der Waals surface area contributed by atoms with Crippen molar-refractivity contribution in [2.24, 2.45) is 13.0 Å². The largest absolute Gasteiger partial charge is 0.454 e. The highest BCUT2D eigenvalue weighted by atomic mass is 16.3.